The lowest BCUT2D eigenvalue weighted by Crippen LogP contribution is -2.31. The average molecular weight is 375 g/mol. The molecule has 4 heteroatoms. The minimum absolute atomic E-state index is 0.521. The van der Waals surface area contributed by atoms with Gasteiger partial charge in [-0.1, -0.05) is 76.6 Å². The Morgan fingerprint density at radius 3 is 2.30 bits per heavy atom. The van der Waals surface area contributed by atoms with Crippen molar-refractivity contribution in [2.75, 3.05) is 0 Å². The molecule has 2 aromatic carbocycles. The third kappa shape index (κ3) is 4.78. The van der Waals surface area contributed by atoms with Gasteiger partial charge in [-0.25, -0.2) is 0 Å². The number of carbonyl (C=O) groups excluding carboxylic acids is 1. The van der Waals surface area contributed by atoms with Crippen molar-refractivity contribution in [3.05, 3.63) is 71.3 Å². The maximum absolute atomic E-state index is 12.2. The van der Waals surface area contributed by atoms with Crippen molar-refractivity contribution in [2.24, 2.45) is 0 Å². The van der Waals surface area contributed by atoms with Gasteiger partial charge in [-0.05, 0) is 30.5 Å². The van der Waals surface area contributed by atoms with E-state index in [1.807, 2.05) is 62.4 Å². The number of aliphatic hydroxyl groups excluding tert-OH is 1. The number of esters is 1. The number of alkyl halides is 1. The van der Waals surface area contributed by atoms with Crippen molar-refractivity contribution >= 4 is 28.0 Å². The first-order valence-electron chi connectivity index (χ1n) is 7.32. The second-order valence-electron chi connectivity index (χ2n) is 5.30. The van der Waals surface area contributed by atoms with Crippen LogP contribution in [0.5, 0.6) is 5.75 Å². The zero-order chi connectivity index (χ0) is 16.8. The van der Waals surface area contributed by atoms with Gasteiger partial charge in [0.2, 0.25) is 0 Å². The second-order valence-corrected chi connectivity index (χ2v) is 6.29. The molecule has 0 spiro atoms. The summed E-state index contributed by atoms with van der Waals surface area (Å²) in [5.41, 5.74) is 2.72. The summed E-state index contributed by atoms with van der Waals surface area (Å²) in [6, 6.07) is 15.2. The van der Waals surface area contributed by atoms with Crippen LogP contribution in [0, 0.1) is 13.8 Å². The van der Waals surface area contributed by atoms with E-state index in [0.29, 0.717) is 5.75 Å². The van der Waals surface area contributed by atoms with Gasteiger partial charge in [0.25, 0.3) is 0 Å². The van der Waals surface area contributed by atoms with Gasteiger partial charge in [-0.3, -0.25) is 4.79 Å². The van der Waals surface area contributed by atoms with Crippen LogP contribution in [0.4, 0.5) is 0 Å². The van der Waals surface area contributed by atoms with E-state index in [-0.39, 0.29) is 0 Å². The molecular weight excluding hydrogens is 356 g/mol. The molecule has 23 heavy (non-hydrogen) atoms. The molecule has 0 aliphatic heterocycles. The van der Waals surface area contributed by atoms with Crippen LogP contribution in [0.25, 0.3) is 6.08 Å². The van der Waals surface area contributed by atoms with Crippen molar-refractivity contribution < 1.29 is 14.6 Å². The molecule has 0 aliphatic carbocycles. The van der Waals surface area contributed by atoms with E-state index >= 15 is 0 Å². The molecule has 0 radical (unpaired) electrons. The van der Waals surface area contributed by atoms with Crippen LogP contribution in [0.3, 0.4) is 0 Å². The van der Waals surface area contributed by atoms with Crippen molar-refractivity contribution in [2.45, 2.75) is 24.8 Å². The Morgan fingerprint density at radius 1 is 1.09 bits per heavy atom. The number of aryl methyl sites for hydroxylation is 2. The van der Waals surface area contributed by atoms with E-state index in [2.05, 4.69) is 15.9 Å². The van der Waals surface area contributed by atoms with Gasteiger partial charge in [0.15, 0.2) is 0 Å². The standard InChI is InChI=1S/C19H19BrO3/c1-13-7-6-8-14(2)18(13)23-19(22)17(20)16(21)12-11-15-9-4-3-5-10-15/h3-12,16-17,21H,1-2H3/b12-11+. The normalized spacial score (nSPS) is 13.7. The van der Waals surface area contributed by atoms with E-state index in [4.69, 9.17) is 4.74 Å². The lowest BCUT2D eigenvalue weighted by atomic mass is 10.1. The Hall–Kier alpha value is -1.91. The minimum atomic E-state index is -0.980. The SMILES string of the molecule is Cc1cccc(C)c1OC(=O)C(Br)C(O)/C=C/c1ccccc1. The Bertz CT molecular complexity index is 675. The lowest BCUT2D eigenvalue weighted by Gasteiger charge is -2.15. The maximum atomic E-state index is 12.2. The number of ether oxygens (including phenoxy) is 1. The fourth-order valence-corrected chi connectivity index (χ4v) is 2.40. The largest absolute Gasteiger partial charge is 0.425 e. The van der Waals surface area contributed by atoms with E-state index < -0.39 is 16.9 Å². The van der Waals surface area contributed by atoms with Gasteiger partial charge < -0.3 is 9.84 Å². The van der Waals surface area contributed by atoms with Crippen LogP contribution in [0.1, 0.15) is 16.7 Å². The second kappa shape index (κ2) is 8.09. The third-order valence-corrected chi connectivity index (χ3v) is 4.34. The number of hydrogen-bond donors (Lipinski definition) is 1. The molecule has 2 atom stereocenters. The molecule has 120 valence electrons. The average Bonchev–Trinajstić information content (AvgIpc) is 2.56. The van der Waals surface area contributed by atoms with Crippen LogP contribution in [-0.4, -0.2) is 22.0 Å². The first-order chi connectivity index (χ1) is 11.0. The highest BCUT2D eigenvalue weighted by Gasteiger charge is 2.25. The fraction of sp³-hybridized carbons (Fsp3) is 0.211. The number of aliphatic hydroxyl groups is 1. The van der Waals surface area contributed by atoms with Gasteiger partial charge in [-0.15, -0.1) is 0 Å². The summed E-state index contributed by atoms with van der Waals surface area (Å²) in [5, 5.41) is 10.1. The molecule has 3 nitrogen and oxygen atoms in total. The minimum Gasteiger partial charge on any atom is -0.425 e. The highest BCUT2D eigenvalue weighted by molar-refractivity contribution is 9.10. The number of benzene rings is 2. The number of carbonyl (C=O) groups is 1. The van der Waals surface area contributed by atoms with Crippen molar-refractivity contribution in [1.82, 2.24) is 0 Å². The zero-order valence-electron chi connectivity index (χ0n) is 13.1. The van der Waals surface area contributed by atoms with E-state index in [1.54, 1.807) is 12.2 Å². The summed E-state index contributed by atoms with van der Waals surface area (Å²) in [6.07, 6.45) is 2.36. The molecule has 0 amide bonds. The van der Waals surface area contributed by atoms with E-state index in [1.165, 1.54) is 0 Å². The van der Waals surface area contributed by atoms with Crippen LogP contribution in [0.2, 0.25) is 0 Å². The third-order valence-electron chi connectivity index (χ3n) is 3.42. The lowest BCUT2D eigenvalue weighted by molar-refractivity contribution is -0.135. The van der Waals surface area contributed by atoms with Crippen LogP contribution in [-0.2, 0) is 4.79 Å². The predicted molar refractivity (Wildman–Crippen MR) is 95.7 cm³/mol. The molecule has 0 heterocycles. The molecule has 1 N–H and O–H groups in total. The van der Waals surface area contributed by atoms with Crippen LogP contribution in [0.15, 0.2) is 54.6 Å². The molecule has 0 aliphatic rings. The van der Waals surface area contributed by atoms with Crippen molar-refractivity contribution in [1.29, 1.82) is 0 Å². The van der Waals surface area contributed by atoms with Crippen LogP contribution < -0.4 is 4.74 Å². The summed E-state index contributed by atoms with van der Waals surface area (Å²) in [7, 11) is 0. The molecule has 2 aromatic rings. The summed E-state index contributed by atoms with van der Waals surface area (Å²) in [4.78, 5) is 11.4. The van der Waals surface area contributed by atoms with Gasteiger partial charge in [0.05, 0.1) is 6.10 Å². The Labute approximate surface area is 144 Å². The summed E-state index contributed by atoms with van der Waals surface area (Å²) >= 11 is 3.21. The van der Waals surface area contributed by atoms with Crippen molar-refractivity contribution in [3.63, 3.8) is 0 Å². The first kappa shape index (κ1) is 17.4. The van der Waals surface area contributed by atoms with Crippen molar-refractivity contribution in [3.8, 4) is 5.75 Å². The molecule has 0 aromatic heterocycles. The smallest absolute Gasteiger partial charge is 0.328 e. The predicted octanol–water partition coefficient (Wildman–Crippen LogP) is 4.05. The highest BCUT2D eigenvalue weighted by atomic mass is 79.9. The molecular formula is C19H19BrO3. The fourth-order valence-electron chi connectivity index (χ4n) is 2.13. The van der Waals surface area contributed by atoms with Gasteiger partial charge in [0, 0.05) is 0 Å². The molecule has 2 rings (SSSR count). The molecule has 2 unspecified atom stereocenters. The van der Waals surface area contributed by atoms with Gasteiger partial charge >= 0.3 is 5.97 Å². The van der Waals surface area contributed by atoms with Gasteiger partial charge in [0.1, 0.15) is 10.6 Å². The maximum Gasteiger partial charge on any atom is 0.328 e. The molecule has 0 fully saturated rings. The first-order valence-corrected chi connectivity index (χ1v) is 8.24. The number of para-hydroxylation sites is 1. The Kier molecular flexibility index (Phi) is 6.13. The van der Waals surface area contributed by atoms with Crippen LogP contribution >= 0.6 is 15.9 Å². The number of halogens is 1. The van der Waals surface area contributed by atoms with E-state index in [9.17, 15) is 9.90 Å². The topological polar surface area (TPSA) is 46.5 Å². The molecule has 0 saturated carbocycles. The Balaban J connectivity index is 2.03. The Morgan fingerprint density at radius 2 is 1.70 bits per heavy atom. The zero-order valence-corrected chi connectivity index (χ0v) is 14.7. The number of hydrogen-bond acceptors (Lipinski definition) is 3. The summed E-state index contributed by atoms with van der Waals surface area (Å²) in [5.74, 6) is 0.0220. The highest BCUT2D eigenvalue weighted by Crippen LogP contribution is 2.24. The quantitative estimate of drug-likeness (QED) is 0.487. The molecule has 0 bridgehead atoms. The number of rotatable bonds is 5. The molecule has 0 saturated heterocycles. The van der Waals surface area contributed by atoms with Gasteiger partial charge in [-0.2, -0.15) is 0 Å². The summed E-state index contributed by atoms with van der Waals surface area (Å²) in [6.45, 7) is 3.76. The monoisotopic (exact) mass is 374 g/mol. The van der Waals surface area contributed by atoms with E-state index in [0.717, 1.165) is 16.7 Å². The summed E-state index contributed by atoms with van der Waals surface area (Å²) < 4.78 is 5.43.